The van der Waals surface area contributed by atoms with Gasteiger partial charge in [0.2, 0.25) is 5.91 Å². The highest BCUT2D eigenvalue weighted by Gasteiger charge is 2.35. The molecule has 0 aliphatic rings. The van der Waals surface area contributed by atoms with Crippen molar-refractivity contribution in [2.45, 2.75) is 32.5 Å². The molecule has 1 N–H and O–H groups in total. The predicted molar refractivity (Wildman–Crippen MR) is 106 cm³/mol. The number of hydrogen-bond donors (Lipinski definition) is 1. The molecule has 3 aromatic rings. The first kappa shape index (κ1) is 20.6. The SMILES string of the molecule is Cc1ccc2c(c1)c(=O)cc(C(F)(F)F)n2CCNC(=O)CCc1ccccc1. The zero-order chi connectivity index (χ0) is 21.0. The summed E-state index contributed by atoms with van der Waals surface area (Å²) in [5, 5.41) is 2.90. The van der Waals surface area contributed by atoms with Crippen molar-refractivity contribution in [2.24, 2.45) is 0 Å². The number of pyridine rings is 1. The van der Waals surface area contributed by atoms with Gasteiger partial charge in [0, 0.05) is 31.0 Å². The Bertz CT molecular complexity index is 1070. The van der Waals surface area contributed by atoms with Crippen molar-refractivity contribution in [1.82, 2.24) is 9.88 Å². The molecule has 3 rings (SSSR count). The number of aromatic nitrogens is 1. The quantitative estimate of drug-likeness (QED) is 0.676. The van der Waals surface area contributed by atoms with Gasteiger partial charge in [0.05, 0.1) is 5.52 Å². The Morgan fingerprint density at radius 2 is 1.79 bits per heavy atom. The van der Waals surface area contributed by atoms with Crippen LogP contribution in [0.3, 0.4) is 0 Å². The fourth-order valence-corrected chi connectivity index (χ4v) is 3.27. The molecule has 7 heteroatoms. The maximum absolute atomic E-state index is 13.5. The predicted octanol–water partition coefficient (Wildman–Crippen LogP) is 4.08. The lowest BCUT2D eigenvalue weighted by atomic mass is 10.1. The Labute approximate surface area is 166 Å². The van der Waals surface area contributed by atoms with Crippen LogP contribution < -0.4 is 10.7 Å². The van der Waals surface area contributed by atoms with Crippen molar-refractivity contribution < 1.29 is 18.0 Å². The third-order valence-electron chi connectivity index (χ3n) is 4.70. The van der Waals surface area contributed by atoms with E-state index in [1.807, 2.05) is 30.3 Å². The van der Waals surface area contributed by atoms with E-state index in [9.17, 15) is 22.8 Å². The van der Waals surface area contributed by atoms with E-state index in [2.05, 4.69) is 5.32 Å². The smallest absolute Gasteiger partial charge is 0.354 e. The van der Waals surface area contributed by atoms with E-state index in [1.54, 1.807) is 19.1 Å². The second kappa shape index (κ2) is 8.51. The zero-order valence-corrected chi connectivity index (χ0v) is 15.9. The minimum atomic E-state index is -4.67. The summed E-state index contributed by atoms with van der Waals surface area (Å²) >= 11 is 0. The molecule has 0 fully saturated rings. The van der Waals surface area contributed by atoms with Crippen LogP contribution in [0.1, 0.15) is 23.2 Å². The molecule has 1 heterocycles. The standard InChI is InChI=1S/C22H21F3N2O2/c1-15-7-9-18-17(13-15)19(28)14-20(22(23,24)25)27(18)12-11-26-21(29)10-8-16-5-3-2-4-6-16/h2-7,9,13-14H,8,10-12H2,1H3,(H,26,29). The molecule has 4 nitrogen and oxygen atoms in total. The lowest BCUT2D eigenvalue weighted by Gasteiger charge is -2.19. The molecule has 1 aromatic heterocycles. The van der Waals surface area contributed by atoms with Crippen LogP contribution in [0.4, 0.5) is 13.2 Å². The Morgan fingerprint density at radius 3 is 2.48 bits per heavy atom. The minimum Gasteiger partial charge on any atom is -0.354 e. The van der Waals surface area contributed by atoms with Crippen molar-refractivity contribution in [3.8, 4) is 0 Å². The highest BCUT2D eigenvalue weighted by atomic mass is 19.4. The largest absolute Gasteiger partial charge is 0.431 e. The molecule has 0 atom stereocenters. The van der Waals surface area contributed by atoms with Crippen molar-refractivity contribution in [3.63, 3.8) is 0 Å². The number of alkyl halides is 3. The second-order valence-corrected chi connectivity index (χ2v) is 6.90. The molecule has 0 unspecified atom stereocenters. The lowest BCUT2D eigenvalue weighted by molar-refractivity contribution is -0.143. The van der Waals surface area contributed by atoms with Gasteiger partial charge in [-0.15, -0.1) is 0 Å². The van der Waals surface area contributed by atoms with Gasteiger partial charge in [0.1, 0.15) is 5.69 Å². The fourth-order valence-electron chi connectivity index (χ4n) is 3.27. The van der Waals surface area contributed by atoms with Crippen molar-refractivity contribution in [1.29, 1.82) is 0 Å². The number of rotatable bonds is 6. The molecule has 0 aliphatic heterocycles. The van der Waals surface area contributed by atoms with Gasteiger partial charge >= 0.3 is 6.18 Å². The first-order chi connectivity index (χ1) is 13.8. The zero-order valence-electron chi connectivity index (χ0n) is 15.9. The molecule has 1 amide bonds. The van der Waals surface area contributed by atoms with Crippen molar-refractivity contribution in [3.05, 3.63) is 81.6 Å². The number of carbonyl (C=O) groups excluding carboxylic acids is 1. The van der Waals surface area contributed by atoms with E-state index >= 15 is 0 Å². The normalized spacial score (nSPS) is 11.6. The summed E-state index contributed by atoms with van der Waals surface area (Å²) in [5.41, 5.74) is 0.324. The summed E-state index contributed by atoms with van der Waals surface area (Å²) in [7, 11) is 0. The van der Waals surface area contributed by atoms with Gasteiger partial charge in [-0.1, -0.05) is 42.0 Å². The van der Waals surface area contributed by atoms with E-state index in [0.29, 0.717) is 12.5 Å². The summed E-state index contributed by atoms with van der Waals surface area (Å²) in [6.07, 6.45) is -3.86. The highest BCUT2D eigenvalue weighted by molar-refractivity contribution is 5.80. The number of halogens is 3. The molecule has 0 aliphatic carbocycles. The van der Waals surface area contributed by atoms with E-state index in [4.69, 9.17) is 0 Å². The molecule has 152 valence electrons. The Kier molecular flexibility index (Phi) is 6.06. The second-order valence-electron chi connectivity index (χ2n) is 6.90. The number of fused-ring (bicyclic) bond motifs is 1. The minimum absolute atomic E-state index is 0.0303. The van der Waals surface area contributed by atoms with Crippen LogP contribution in [0.5, 0.6) is 0 Å². The topological polar surface area (TPSA) is 51.1 Å². The summed E-state index contributed by atoms with van der Waals surface area (Å²) in [6, 6.07) is 14.9. The van der Waals surface area contributed by atoms with Crippen LogP contribution in [0.25, 0.3) is 10.9 Å². The molecule has 0 saturated heterocycles. The fraction of sp³-hybridized carbons (Fsp3) is 0.273. The highest BCUT2D eigenvalue weighted by Crippen LogP contribution is 2.30. The van der Waals surface area contributed by atoms with Gasteiger partial charge in [0.15, 0.2) is 5.43 Å². The van der Waals surface area contributed by atoms with E-state index in [-0.39, 0.29) is 36.3 Å². The van der Waals surface area contributed by atoms with Crippen LogP contribution >= 0.6 is 0 Å². The molecule has 0 spiro atoms. The Balaban J connectivity index is 1.75. The van der Waals surface area contributed by atoms with Crippen LogP contribution in [0.2, 0.25) is 0 Å². The summed E-state index contributed by atoms with van der Waals surface area (Å²) in [6.45, 7) is 1.71. The maximum atomic E-state index is 13.5. The number of carbonyl (C=O) groups is 1. The van der Waals surface area contributed by atoms with Gasteiger partial charge in [-0.3, -0.25) is 9.59 Å². The first-order valence-electron chi connectivity index (χ1n) is 9.28. The van der Waals surface area contributed by atoms with Crippen molar-refractivity contribution in [2.75, 3.05) is 6.54 Å². The van der Waals surface area contributed by atoms with Crippen LogP contribution in [-0.2, 0) is 23.9 Å². The number of hydrogen-bond acceptors (Lipinski definition) is 2. The van der Waals surface area contributed by atoms with Gasteiger partial charge < -0.3 is 9.88 Å². The van der Waals surface area contributed by atoms with Gasteiger partial charge in [-0.25, -0.2) is 0 Å². The molecule has 0 saturated carbocycles. The Morgan fingerprint density at radius 1 is 1.07 bits per heavy atom. The summed E-state index contributed by atoms with van der Waals surface area (Å²) in [4.78, 5) is 24.2. The lowest BCUT2D eigenvalue weighted by Crippen LogP contribution is -2.30. The van der Waals surface area contributed by atoms with Gasteiger partial charge in [-0.2, -0.15) is 13.2 Å². The van der Waals surface area contributed by atoms with Gasteiger partial charge in [0.25, 0.3) is 0 Å². The number of nitrogens with one attached hydrogen (secondary N) is 1. The van der Waals surface area contributed by atoms with E-state index in [0.717, 1.165) is 15.7 Å². The maximum Gasteiger partial charge on any atom is 0.431 e. The molecule has 0 bridgehead atoms. The van der Waals surface area contributed by atoms with Crippen molar-refractivity contribution >= 4 is 16.8 Å². The molecule has 0 radical (unpaired) electrons. The molecule has 2 aromatic carbocycles. The van der Waals surface area contributed by atoms with E-state index < -0.39 is 17.3 Å². The van der Waals surface area contributed by atoms with Crippen LogP contribution in [-0.4, -0.2) is 17.0 Å². The molecular weight excluding hydrogens is 381 g/mol. The average molecular weight is 402 g/mol. The monoisotopic (exact) mass is 402 g/mol. The first-order valence-corrected chi connectivity index (χ1v) is 9.28. The summed E-state index contributed by atoms with van der Waals surface area (Å²) in [5.74, 6) is -0.233. The van der Waals surface area contributed by atoms with Crippen LogP contribution in [0, 0.1) is 6.92 Å². The number of benzene rings is 2. The summed E-state index contributed by atoms with van der Waals surface area (Å²) < 4.78 is 41.5. The number of nitrogens with zero attached hydrogens (tertiary/aromatic N) is 1. The Hall–Kier alpha value is -3.09. The molecular formula is C22H21F3N2O2. The number of aryl methyl sites for hydroxylation is 2. The average Bonchev–Trinajstić information content (AvgIpc) is 2.68. The molecule has 29 heavy (non-hydrogen) atoms. The third kappa shape index (κ3) is 5.04. The van der Waals surface area contributed by atoms with E-state index in [1.165, 1.54) is 6.07 Å². The van der Waals surface area contributed by atoms with Gasteiger partial charge in [-0.05, 0) is 31.0 Å². The number of amides is 1. The van der Waals surface area contributed by atoms with Crippen LogP contribution in [0.15, 0.2) is 59.4 Å². The third-order valence-corrected chi connectivity index (χ3v) is 4.70.